The van der Waals surface area contributed by atoms with Crippen molar-refractivity contribution >= 4 is 22.9 Å². The summed E-state index contributed by atoms with van der Waals surface area (Å²) >= 11 is 1.57. The number of ether oxygens (including phenoxy) is 1. The van der Waals surface area contributed by atoms with Gasteiger partial charge in [-0.05, 0) is 20.8 Å². The van der Waals surface area contributed by atoms with E-state index in [0.29, 0.717) is 25.3 Å². The van der Waals surface area contributed by atoms with Crippen molar-refractivity contribution in [2.45, 2.75) is 26.9 Å². The number of fused-ring (bicyclic) bond motifs is 1. The first-order valence-corrected chi connectivity index (χ1v) is 9.06. The van der Waals surface area contributed by atoms with Crippen LogP contribution in [-0.2, 0) is 4.74 Å². The third kappa shape index (κ3) is 2.81. The molecule has 1 atom stereocenters. The van der Waals surface area contributed by atoms with Crippen LogP contribution in [0.2, 0.25) is 0 Å². The average molecular weight is 357 g/mol. The first-order valence-electron chi connectivity index (χ1n) is 8.18. The van der Waals surface area contributed by atoms with Gasteiger partial charge in [-0.1, -0.05) is 0 Å². The summed E-state index contributed by atoms with van der Waals surface area (Å²) in [5, 5.41) is 7.19. The number of carbonyl (C=O) groups is 1. The molecule has 0 radical (unpaired) electrons. The quantitative estimate of drug-likeness (QED) is 0.704. The zero-order valence-electron chi connectivity index (χ0n) is 14.4. The monoisotopic (exact) mass is 357 g/mol. The van der Waals surface area contributed by atoms with Gasteiger partial charge >= 0.3 is 0 Å². The van der Waals surface area contributed by atoms with Gasteiger partial charge in [0.15, 0.2) is 5.65 Å². The SMILES string of the molecule is Cc1csc(C2CN(C(=O)c3c(C)nc4ccnn4c3C)CCO2)n1. The lowest BCUT2D eigenvalue weighted by molar-refractivity contribution is -0.0230. The number of rotatable bonds is 2. The molecule has 0 spiro atoms. The maximum absolute atomic E-state index is 13.2. The fourth-order valence-electron chi connectivity index (χ4n) is 3.21. The highest BCUT2D eigenvalue weighted by Gasteiger charge is 2.30. The van der Waals surface area contributed by atoms with Gasteiger partial charge in [-0.2, -0.15) is 5.10 Å². The van der Waals surface area contributed by atoms with Crippen LogP contribution in [0.4, 0.5) is 0 Å². The minimum absolute atomic E-state index is 0.0264. The second-order valence-electron chi connectivity index (χ2n) is 6.20. The molecule has 0 bridgehead atoms. The van der Waals surface area contributed by atoms with Crippen LogP contribution in [0.5, 0.6) is 0 Å². The van der Waals surface area contributed by atoms with E-state index in [1.165, 1.54) is 0 Å². The molecule has 130 valence electrons. The first kappa shape index (κ1) is 16.2. The predicted molar refractivity (Wildman–Crippen MR) is 93.9 cm³/mol. The molecular formula is C17H19N5O2S. The van der Waals surface area contributed by atoms with E-state index in [9.17, 15) is 4.79 Å². The topological polar surface area (TPSA) is 72.6 Å². The summed E-state index contributed by atoms with van der Waals surface area (Å²) < 4.78 is 7.54. The molecule has 0 aromatic carbocycles. The average Bonchev–Trinajstić information content (AvgIpc) is 3.24. The normalized spacial score (nSPS) is 18.0. The lowest BCUT2D eigenvalue weighted by atomic mass is 10.1. The summed E-state index contributed by atoms with van der Waals surface area (Å²) in [4.78, 5) is 24.0. The molecule has 4 rings (SSSR count). The number of hydrogen-bond acceptors (Lipinski definition) is 6. The molecule has 1 amide bonds. The minimum Gasteiger partial charge on any atom is -0.367 e. The van der Waals surface area contributed by atoms with E-state index in [-0.39, 0.29) is 12.0 Å². The van der Waals surface area contributed by atoms with Crippen LogP contribution in [0.1, 0.15) is 38.6 Å². The number of amides is 1. The minimum atomic E-state index is -0.168. The summed E-state index contributed by atoms with van der Waals surface area (Å²) in [6, 6.07) is 1.84. The Bertz CT molecular complexity index is 948. The predicted octanol–water partition coefficient (Wildman–Crippen LogP) is 2.32. The maximum Gasteiger partial charge on any atom is 0.257 e. The molecule has 1 aliphatic heterocycles. The van der Waals surface area contributed by atoms with Crippen LogP contribution in [0.25, 0.3) is 5.65 Å². The van der Waals surface area contributed by atoms with Crippen molar-refractivity contribution in [2.75, 3.05) is 19.7 Å². The molecule has 0 saturated carbocycles. The van der Waals surface area contributed by atoms with E-state index >= 15 is 0 Å². The highest BCUT2D eigenvalue weighted by Crippen LogP contribution is 2.27. The number of hydrogen-bond donors (Lipinski definition) is 0. The van der Waals surface area contributed by atoms with Crippen molar-refractivity contribution in [1.82, 2.24) is 24.5 Å². The van der Waals surface area contributed by atoms with Crippen LogP contribution in [0.3, 0.4) is 0 Å². The zero-order chi connectivity index (χ0) is 17.6. The molecule has 4 heterocycles. The summed E-state index contributed by atoms with van der Waals surface area (Å²) in [6.45, 7) is 7.31. The van der Waals surface area contributed by atoms with Crippen molar-refractivity contribution in [3.63, 3.8) is 0 Å². The number of morpholine rings is 1. The zero-order valence-corrected chi connectivity index (χ0v) is 15.2. The molecule has 1 fully saturated rings. The van der Waals surface area contributed by atoms with Crippen LogP contribution < -0.4 is 0 Å². The Morgan fingerprint density at radius 1 is 1.32 bits per heavy atom. The lowest BCUT2D eigenvalue weighted by Crippen LogP contribution is -2.43. The van der Waals surface area contributed by atoms with Crippen LogP contribution in [0.15, 0.2) is 17.6 Å². The van der Waals surface area contributed by atoms with E-state index in [2.05, 4.69) is 15.1 Å². The summed E-state index contributed by atoms with van der Waals surface area (Å²) in [5.74, 6) is -0.0264. The van der Waals surface area contributed by atoms with E-state index in [0.717, 1.165) is 27.7 Å². The number of aromatic nitrogens is 4. The van der Waals surface area contributed by atoms with Crippen LogP contribution >= 0.6 is 11.3 Å². The molecule has 8 heteroatoms. The number of nitrogens with zero attached hydrogens (tertiary/aromatic N) is 5. The van der Waals surface area contributed by atoms with Crippen LogP contribution in [0, 0.1) is 20.8 Å². The molecule has 7 nitrogen and oxygen atoms in total. The molecule has 1 unspecified atom stereocenters. The number of carbonyl (C=O) groups excluding carboxylic acids is 1. The van der Waals surface area contributed by atoms with Crippen molar-refractivity contribution in [1.29, 1.82) is 0 Å². The fraction of sp³-hybridized carbons (Fsp3) is 0.412. The molecule has 0 aliphatic carbocycles. The van der Waals surface area contributed by atoms with Gasteiger partial charge < -0.3 is 9.64 Å². The first-order chi connectivity index (χ1) is 12.0. The van der Waals surface area contributed by atoms with Crippen molar-refractivity contribution in [3.05, 3.63) is 45.3 Å². The van der Waals surface area contributed by atoms with Gasteiger partial charge in [0.2, 0.25) is 0 Å². The molecule has 1 aliphatic rings. The number of aryl methyl sites for hydroxylation is 3. The van der Waals surface area contributed by atoms with Gasteiger partial charge in [0.05, 0.1) is 36.3 Å². The summed E-state index contributed by atoms with van der Waals surface area (Å²) in [7, 11) is 0. The Morgan fingerprint density at radius 3 is 2.92 bits per heavy atom. The Morgan fingerprint density at radius 2 is 2.16 bits per heavy atom. The molecule has 3 aromatic heterocycles. The van der Waals surface area contributed by atoms with Gasteiger partial charge in [-0.3, -0.25) is 4.79 Å². The maximum atomic E-state index is 13.2. The molecule has 25 heavy (non-hydrogen) atoms. The second kappa shape index (κ2) is 6.20. The summed E-state index contributed by atoms with van der Waals surface area (Å²) in [5.41, 5.74) is 3.89. The molecule has 3 aromatic rings. The van der Waals surface area contributed by atoms with E-state index in [4.69, 9.17) is 4.74 Å². The highest BCUT2D eigenvalue weighted by molar-refractivity contribution is 7.09. The van der Waals surface area contributed by atoms with Crippen molar-refractivity contribution in [2.24, 2.45) is 0 Å². The molecule has 0 N–H and O–H groups in total. The van der Waals surface area contributed by atoms with Crippen molar-refractivity contribution < 1.29 is 9.53 Å². The van der Waals surface area contributed by atoms with E-state index < -0.39 is 0 Å². The number of thiazole rings is 1. The molecular weight excluding hydrogens is 338 g/mol. The highest BCUT2D eigenvalue weighted by atomic mass is 32.1. The Labute approximate surface area is 149 Å². The van der Waals surface area contributed by atoms with Crippen molar-refractivity contribution in [3.8, 4) is 0 Å². The lowest BCUT2D eigenvalue weighted by Gasteiger charge is -2.32. The van der Waals surface area contributed by atoms with Gasteiger partial charge in [0.25, 0.3) is 5.91 Å². The summed E-state index contributed by atoms with van der Waals surface area (Å²) in [6.07, 6.45) is 1.52. The Kier molecular flexibility index (Phi) is 4.01. The Hall–Kier alpha value is -2.32. The van der Waals surface area contributed by atoms with Gasteiger partial charge in [-0.25, -0.2) is 14.5 Å². The largest absolute Gasteiger partial charge is 0.367 e. The molecule has 1 saturated heterocycles. The third-order valence-corrected chi connectivity index (χ3v) is 5.48. The third-order valence-electron chi connectivity index (χ3n) is 4.43. The Balaban J connectivity index is 1.64. The van der Waals surface area contributed by atoms with Gasteiger partial charge in [0.1, 0.15) is 11.1 Å². The van der Waals surface area contributed by atoms with Gasteiger partial charge in [-0.15, -0.1) is 11.3 Å². The van der Waals surface area contributed by atoms with Crippen LogP contribution in [-0.4, -0.2) is 50.1 Å². The fourth-order valence-corrected chi connectivity index (χ4v) is 4.04. The van der Waals surface area contributed by atoms with E-state index in [1.807, 2.05) is 37.1 Å². The standard InChI is InChI=1S/C17H19N5O2S/c1-10-9-25-16(19-10)13-8-21(6-7-24-13)17(23)15-11(2)20-14-4-5-18-22(14)12(15)3/h4-5,9,13H,6-8H2,1-3H3. The van der Waals surface area contributed by atoms with E-state index in [1.54, 1.807) is 22.0 Å². The van der Waals surface area contributed by atoms with Gasteiger partial charge in [0, 0.05) is 23.7 Å². The second-order valence-corrected chi connectivity index (χ2v) is 7.09. The smallest absolute Gasteiger partial charge is 0.257 e.